The van der Waals surface area contributed by atoms with Crippen molar-refractivity contribution in [1.82, 2.24) is 4.98 Å². The maximum atomic E-state index is 9.02. The Morgan fingerprint density at radius 1 is 1.16 bits per heavy atom. The van der Waals surface area contributed by atoms with Crippen LogP contribution in [0.1, 0.15) is 16.8 Å². The van der Waals surface area contributed by atoms with Crippen LogP contribution in [0.5, 0.6) is 5.75 Å². The van der Waals surface area contributed by atoms with Crippen LogP contribution in [-0.4, -0.2) is 17.2 Å². The highest BCUT2D eigenvalue weighted by atomic mass is 16.5. The van der Waals surface area contributed by atoms with Gasteiger partial charge in [-0.05, 0) is 5.56 Å². The number of rotatable bonds is 6. The minimum atomic E-state index is -0.0957. The van der Waals surface area contributed by atoms with Gasteiger partial charge in [0, 0.05) is 17.8 Å². The standard InChI is InChI=1S/C15H17NO3/c1-18-15-7-14(9-17)16-8-13(15)11-19-10-12-5-3-2-4-6-12/h2-8,17H,9-11H2,1H3. The first-order valence-corrected chi connectivity index (χ1v) is 6.08. The van der Waals surface area contributed by atoms with Crippen molar-refractivity contribution < 1.29 is 14.6 Å². The van der Waals surface area contributed by atoms with Crippen LogP contribution < -0.4 is 4.74 Å². The van der Waals surface area contributed by atoms with Crippen LogP contribution in [0.2, 0.25) is 0 Å². The molecule has 0 bridgehead atoms. The van der Waals surface area contributed by atoms with Gasteiger partial charge in [0.2, 0.25) is 0 Å². The zero-order valence-electron chi connectivity index (χ0n) is 10.9. The van der Waals surface area contributed by atoms with Crippen molar-refractivity contribution >= 4 is 0 Å². The number of nitrogens with zero attached hydrogens (tertiary/aromatic N) is 1. The van der Waals surface area contributed by atoms with E-state index in [9.17, 15) is 0 Å². The molecule has 19 heavy (non-hydrogen) atoms. The van der Waals surface area contributed by atoms with Crippen LogP contribution in [0.25, 0.3) is 0 Å². The summed E-state index contributed by atoms with van der Waals surface area (Å²) in [6.07, 6.45) is 1.68. The normalized spacial score (nSPS) is 10.4. The molecule has 1 aromatic heterocycles. The summed E-state index contributed by atoms with van der Waals surface area (Å²) in [5.41, 5.74) is 2.58. The fourth-order valence-corrected chi connectivity index (χ4v) is 1.74. The molecule has 4 nitrogen and oxygen atoms in total. The first kappa shape index (κ1) is 13.5. The Bertz CT molecular complexity index is 514. The molecule has 0 unspecified atom stereocenters. The van der Waals surface area contributed by atoms with E-state index in [-0.39, 0.29) is 6.61 Å². The molecule has 0 saturated carbocycles. The zero-order chi connectivity index (χ0) is 13.5. The second-order valence-corrected chi connectivity index (χ2v) is 4.12. The highest BCUT2D eigenvalue weighted by Gasteiger charge is 2.05. The summed E-state index contributed by atoms with van der Waals surface area (Å²) in [7, 11) is 1.59. The average Bonchev–Trinajstić information content (AvgIpc) is 2.48. The minimum Gasteiger partial charge on any atom is -0.496 e. The predicted octanol–water partition coefficient (Wildman–Crippen LogP) is 2.30. The summed E-state index contributed by atoms with van der Waals surface area (Å²) in [4.78, 5) is 4.12. The van der Waals surface area contributed by atoms with Gasteiger partial charge < -0.3 is 14.6 Å². The van der Waals surface area contributed by atoms with Gasteiger partial charge >= 0.3 is 0 Å². The fourth-order valence-electron chi connectivity index (χ4n) is 1.74. The van der Waals surface area contributed by atoms with Gasteiger partial charge in [-0.3, -0.25) is 4.98 Å². The molecule has 0 radical (unpaired) electrons. The molecular formula is C15H17NO3. The molecule has 0 aliphatic carbocycles. The van der Waals surface area contributed by atoms with Crippen LogP contribution in [-0.2, 0) is 24.6 Å². The van der Waals surface area contributed by atoms with E-state index in [4.69, 9.17) is 14.6 Å². The van der Waals surface area contributed by atoms with Gasteiger partial charge in [0.05, 0.1) is 32.6 Å². The molecule has 0 aliphatic rings. The summed E-state index contributed by atoms with van der Waals surface area (Å²) in [6.45, 7) is 0.879. The van der Waals surface area contributed by atoms with E-state index in [2.05, 4.69) is 4.98 Å². The molecule has 1 aromatic carbocycles. The first-order valence-electron chi connectivity index (χ1n) is 6.08. The molecule has 0 aliphatic heterocycles. The number of hydrogen-bond donors (Lipinski definition) is 1. The van der Waals surface area contributed by atoms with Crippen LogP contribution >= 0.6 is 0 Å². The van der Waals surface area contributed by atoms with Crippen molar-refractivity contribution in [2.24, 2.45) is 0 Å². The predicted molar refractivity (Wildman–Crippen MR) is 71.6 cm³/mol. The molecule has 2 aromatic rings. The lowest BCUT2D eigenvalue weighted by atomic mass is 10.2. The van der Waals surface area contributed by atoms with Crippen LogP contribution in [0.4, 0.5) is 0 Å². The monoisotopic (exact) mass is 259 g/mol. The Labute approximate surface area is 112 Å². The molecule has 0 amide bonds. The Kier molecular flexibility index (Phi) is 4.89. The lowest BCUT2D eigenvalue weighted by Gasteiger charge is -2.10. The maximum absolute atomic E-state index is 9.02. The molecule has 1 N–H and O–H groups in total. The SMILES string of the molecule is COc1cc(CO)ncc1COCc1ccccc1. The van der Waals surface area contributed by atoms with E-state index >= 15 is 0 Å². The lowest BCUT2D eigenvalue weighted by Crippen LogP contribution is -2.00. The smallest absolute Gasteiger partial charge is 0.127 e. The highest BCUT2D eigenvalue weighted by molar-refractivity contribution is 5.32. The number of hydrogen-bond acceptors (Lipinski definition) is 4. The third-order valence-electron chi connectivity index (χ3n) is 2.75. The Hall–Kier alpha value is -1.91. The number of aliphatic hydroxyl groups is 1. The van der Waals surface area contributed by atoms with E-state index in [1.54, 1.807) is 19.4 Å². The van der Waals surface area contributed by atoms with Crippen molar-refractivity contribution in [3.05, 3.63) is 59.4 Å². The first-order chi connectivity index (χ1) is 9.33. The van der Waals surface area contributed by atoms with Gasteiger partial charge in [0.15, 0.2) is 0 Å². The Morgan fingerprint density at radius 3 is 2.63 bits per heavy atom. The Balaban J connectivity index is 1.96. The number of aromatic nitrogens is 1. The summed E-state index contributed by atoms with van der Waals surface area (Å²) >= 11 is 0. The fraction of sp³-hybridized carbons (Fsp3) is 0.267. The van der Waals surface area contributed by atoms with Crippen molar-refractivity contribution in [2.75, 3.05) is 7.11 Å². The third kappa shape index (κ3) is 3.77. The van der Waals surface area contributed by atoms with Gasteiger partial charge in [-0.25, -0.2) is 0 Å². The largest absolute Gasteiger partial charge is 0.496 e. The molecule has 0 saturated heterocycles. The summed E-state index contributed by atoms with van der Waals surface area (Å²) in [6, 6.07) is 11.7. The molecule has 4 heteroatoms. The van der Waals surface area contributed by atoms with Crippen LogP contribution in [0.3, 0.4) is 0 Å². The molecule has 0 spiro atoms. The van der Waals surface area contributed by atoms with Gasteiger partial charge in [-0.1, -0.05) is 30.3 Å². The second kappa shape index (κ2) is 6.87. The van der Waals surface area contributed by atoms with Gasteiger partial charge in [0.25, 0.3) is 0 Å². The van der Waals surface area contributed by atoms with Crippen molar-refractivity contribution in [3.63, 3.8) is 0 Å². The molecule has 0 fully saturated rings. The van der Waals surface area contributed by atoms with Crippen molar-refractivity contribution in [3.8, 4) is 5.75 Å². The van der Waals surface area contributed by atoms with Crippen molar-refractivity contribution in [1.29, 1.82) is 0 Å². The topological polar surface area (TPSA) is 51.6 Å². The molecule has 100 valence electrons. The van der Waals surface area contributed by atoms with Crippen LogP contribution in [0.15, 0.2) is 42.6 Å². The maximum Gasteiger partial charge on any atom is 0.127 e. The molecule has 1 heterocycles. The van der Waals surface area contributed by atoms with Gasteiger partial charge in [-0.2, -0.15) is 0 Å². The van der Waals surface area contributed by atoms with Gasteiger partial charge in [-0.15, -0.1) is 0 Å². The van der Waals surface area contributed by atoms with Crippen LogP contribution in [0, 0.1) is 0 Å². The molecule has 0 atom stereocenters. The lowest BCUT2D eigenvalue weighted by molar-refractivity contribution is 0.105. The highest BCUT2D eigenvalue weighted by Crippen LogP contribution is 2.19. The van der Waals surface area contributed by atoms with E-state index < -0.39 is 0 Å². The average molecular weight is 259 g/mol. The summed E-state index contributed by atoms with van der Waals surface area (Å²) in [5.74, 6) is 0.687. The van der Waals surface area contributed by atoms with E-state index in [0.717, 1.165) is 11.1 Å². The molecular weight excluding hydrogens is 242 g/mol. The minimum absolute atomic E-state index is 0.0957. The third-order valence-corrected chi connectivity index (χ3v) is 2.75. The Morgan fingerprint density at radius 2 is 1.95 bits per heavy atom. The van der Waals surface area contributed by atoms with E-state index in [0.29, 0.717) is 24.7 Å². The number of pyridine rings is 1. The summed E-state index contributed by atoms with van der Waals surface area (Å²) < 4.78 is 10.9. The van der Waals surface area contributed by atoms with Gasteiger partial charge in [0.1, 0.15) is 5.75 Å². The number of methoxy groups -OCH3 is 1. The number of aliphatic hydroxyl groups excluding tert-OH is 1. The van der Waals surface area contributed by atoms with E-state index in [1.165, 1.54) is 0 Å². The number of ether oxygens (including phenoxy) is 2. The van der Waals surface area contributed by atoms with E-state index in [1.807, 2.05) is 30.3 Å². The number of benzene rings is 1. The zero-order valence-corrected chi connectivity index (χ0v) is 10.9. The summed E-state index contributed by atoms with van der Waals surface area (Å²) in [5, 5.41) is 9.02. The second-order valence-electron chi connectivity index (χ2n) is 4.12. The molecule has 2 rings (SSSR count). The van der Waals surface area contributed by atoms with Crippen molar-refractivity contribution in [2.45, 2.75) is 19.8 Å². The quantitative estimate of drug-likeness (QED) is 0.864.